The predicted molar refractivity (Wildman–Crippen MR) is 78.1 cm³/mol. The van der Waals surface area contributed by atoms with Gasteiger partial charge in [-0.15, -0.1) is 0 Å². The van der Waals surface area contributed by atoms with Crippen molar-refractivity contribution < 1.29 is 9.90 Å². The molecule has 4 nitrogen and oxygen atoms in total. The van der Waals surface area contributed by atoms with Gasteiger partial charge in [-0.05, 0) is 50.1 Å². The van der Waals surface area contributed by atoms with E-state index in [-0.39, 0.29) is 0 Å². The Morgan fingerprint density at radius 1 is 1.42 bits per heavy atom. The first kappa shape index (κ1) is 14.3. The molecule has 2 N–H and O–H groups in total. The van der Waals surface area contributed by atoms with Gasteiger partial charge in [0, 0.05) is 6.04 Å². The molecule has 106 valence electrons. The first-order valence-corrected chi connectivity index (χ1v) is 7.85. The Morgan fingerprint density at radius 2 is 2.11 bits per heavy atom. The summed E-state index contributed by atoms with van der Waals surface area (Å²) < 4.78 is 4.15. The molecule has 0 bridgehead atoms. The number of aromatic carboxylic acids is 1. The average Bonchev–Trinajstić information content (AvgIpc) is 2.73. The van der Waals surface area contributed by atoms with Crippen LogP contribution in [0.1, 0.15) is 61.5 Å². The molecule has 1 fully saturated rings. The molecule has 0 unspecified atom stereocenters. The van der Waals surface area contributed by atoms with E-state index in [1.807, 2.05) is 0 Å². The van der Waals surface area contributed by atoms with E-state index < -0.39 is 5.97 Å². The molecule has 0 spiro atoms. The van der Waals surface area contributed by atoms with Gasteiger partial charge in [0.05, 0.1) is 5.69 Å². The predicted octanol–water partition coefficient (Wildman–Crippen LogP) is 3.92. The van der Waals surface area contributed by atoms with E-state index in [4.69, 9.17) is 0 Å². The second-order valence-electron chi connectivity index (χ2n) is 5.43. The number of rotatable bonds is 5. The van der Waals surface area contributed by atoms with Gasteiger partial charge in [-0.3, -0.25) is 0 Å². The van der Waals surface area contributed by atoms with Crippen molar-refractivity contribution in [2.75, 3.05) is 5.32 Å². The van der Waals surface area contributed by atoms with E-state index in [2.05, 4.69) is 16.6 Å². The van der Waals surface area contributed by atoms with E-state index in [1.165, 1.54) is 37.2 Å². The molecular formula is C14H22N2O2S. The molecule has 1 heterocycles. The standard InChI is InChI=1S/C14H22N2O2S/c1-3-4-10-5-7-11(8-6-10)15-13-12(14(17)18)9(2)16-19-13/h10-11,15H,3-8H2,1-2H3,(H,17,18). The molecule has 19 heavy (non-hydrogen) atoms. The number of nitrogens with one attached hydrogen (secondary N) is 1. The van der Waals surface area contributed by atoms with Gasteiger partial charge in [-0.1, -0.05) is 19.8 Å². The molecule has 0 aromatic carbocycles. The number of hydrogen-bond acceptors (Lipinski definition) is 4. The van der Waals surface area contributed by atoms with E-state index >= 15 is 0 Å². The highest BCUT2D eigenvalue weighted by Crippen LogP contribution is 2.32. The Morgan fingerprint density at radius 3 is 2.68 bits per heavy atom. The van der Waals surface area contributed by atoms with Crippen molar-refractivity contribution in [2.45, 2.75) is 58.4 Å². The van der Waals surface area contributed by atoms with Crippen molar-refractivity contribution in [2.24, 2.45) is 5.92 Å². The number of carboxylic acids is 1. The average molecular weight is 282 g/mol. The highest BCUT2D eigenvalue weighted by Gasteiger charge is 2.24. The molecule has 0 atom stereocenters. The summed E-state index contributed by atoms with van der Waals surface area (Å²) in [6.45, 7) is 3.99. The number of carbonyl (C=O) groups is 1. The summed E-state index contributed by atoms with van der Waals surface area (Å²) in [7, 11) is 0. The summed E-state index contributed by atoms with van der Waals surface area (Å²) in [6, 6.07) is 0.408. The lowest BCUT2D eigenvalue weighted by molar-refractivity contribution is 0.0697. The van der Waals surface area contributed by atoms with Crippen molar-refractivity contribution in [3.05, 3.63) is 11.3 Å². The fourth-order valence-corrected chi connectivity index (χ4v) is 3.77. The minimum Gasteiger partial charge on any atom is -0.478 e. The first-order chi connectivity index (χ1) is 9.11. The largest absolute Gasteiger partial charge is 0.478 e. The number of anilines is 1. The van der Waals surface area contributed by atoms with Crippen LogP contribution in [0.3, 0.4) is 0 Å². The molecule has 0 amide bonds. The summed E-state index contributed by atoms with van der Waals surface area (Å²) in [5.41, 5.74) is 0.959. The zero-order valence-electron chi connectivity index (χ0n) is 11.6. The summed E-state index contributed by atoms with van der Waals surface area (Å²) in [5.74, 6) is -0.0152. The van der Waals surface area contributed by atoms with Crippen LogP contribution in [0.25, 0.3) is 0 Å². The van der Waals surface area contributed by atoms with E-state index in [9.17, 15) is 9.90 Å². The molecule has 0 aliphatic heterocycles. The molecule has 1 aromatic heterocycles. The maximum atomic E-state index is 11.2. The first-order valence-electron chi connectivity index (χ1n) is 7.08. The van der Waals surface area contributed by atoms with Gasteiger partial charge >= 0.3 is 5.97 Å². The van der Waals surface area contributed by atoms with Crippen LogP contribution in [0, 0.1) is 12.8 Å². The third-order valence-electron chi connectivity index (χ3n) is 3.96. The second-order valence-corrected chi connectivity index (χ2v) is 6.20. The minimum atomic E-state index is -0.881. The Bertz CT molecular complexity index is 437. The summed E-state index contributed by atoms with van der Waals surface area (Å²) in [6.07, 6.45) is 7.38. The highest BCUT2D eigenvalue weighted by molar-refractivity contribution is 7.10. The lowest BCUT2D eigenvalue weighted by Gasteiger charge is -2.29. The Labute approximate surface area is 118 Å². The van der Waals surface area contributed by atoms with Gasteiger partial charge in [0.15, 0.2) is 0 Å². The molecule has 5 heteroatoms. The maximum absolute atomic E-state index is 11.2. The van der Waals surface area contributed by atoms with Gasteiger partial charge in [0.2, 0.25) is 0 Å². The zero-order chi connectivity index (χ0) is 13.8. The molecular weight excluding hydrogens is 260 g/mol. The SMILES string of the molecule is CCCC1CCC(Nc2snc(C)c2C(=O)O)CC1. The number of hydrogen-bond donors (Lipinski definition) is 2. The van der Waals surface area contributed by atoms with Crippen LogP contribution in [0.15, 0.2) is 0 Å². The third-order valence-corrected chi connectivity index (χ3v) is 4.83. The third kappa shape index (κ3) is 3.47. The van der Waals surface area contributed by atoms with Gasteiger partial charge in [-0.25, -0.2) is 4.79 Å². The number of aromatic nitrogens is 1. The Hall–Kier alpha value is -1.10. The molecule has 1 aromatic rings. The molecule has 1 aliphatic carbocycles. The monoisotopic (exact) mass is 282 g/mol. The molecule has 1 aliphatic rings. The van der Waals surface area contributed by atoms with Crippen molar-refractivity contribution in [3.8, 4) is 0 Å². The van der Waals surface area contributed by atoms with Gasteiger partial charge in [0.25, 0.3) is 0 Å². The van der Waals surface area contributed by atoms with Gasteiger partial charge in [0.1, 0.15) is 10.6 Å². The molecule has 0 saturated heterocycles. The molecule has 2 rings (SSSR count). The van der Waals surface area contributed by atoms with Crippen molar-refractivity contribution >= 4 is 22.5 Å². The lowest BCUT2D eigenvalue weighted by atomic mass is 9.83. The zero-order valence-corrected chi connectivity index (χ0v) is 12.4. The molecule has 1 saturated carbocycles. The Balaban J connectivity index is 1.94. The van der Waals surface area contributed by atoms with Crippen molar-refractivity contribution in [1.29, 1.82) is 0 Å². The van der Waals surface area contributed by atoms with Crippen LogP contribution in [0.4, 0.5) is 5.00 Å². The van der Waals surface area contributed by atoms with Crippen molar-refractivity contribution in [1.82, 2.24) is 4.37 Å². The van der Waals surface area contributed by atoms with E-state index in [0.29, 0.717) is 17.3 Å². The number of carboxylic acid groups (broad SMARTS) is 1. The van der Waals surface area contributed by atoms with Gasteiger partial charge < -0.3 is 10.4 Å². The summed E-state index contributed by atoms with van der Waals surface area (Å²) in [4.78, 5) is 11.2. The summed E-state index contributed by atoms with van der Waals surface area (Å²) >= 11 is 1.27. The van der Waals surface area contributed by atoms with Crippen LogP contribution < -0.4 is 5.32 Å². The number of nitrogens with zero attached hydrogens (tertiary/aromatic N) is 1. The smallest absolute Gasteiger partial charge is 0.340 e. The van der Waals surface area contributed by atoms with Crippen LogP contribution in [-0.4, -0.2) is 21.5 Å². The fourth-order valence-electron chi connectivity index (χ4n) is 2.91. The topological polar surface area (TPSA) is 62.2 Å². The van der Waals surface area contributed by atoms with E-state index in [0.717, 1.165) is 23.8 Å². The normalized spacial score (nSPS) is 23.3. The minimum absolute atomic E-state index is 0.348. The summed E-state index contributed by atoms with van der Waals surface area (Å²) in [5, 5.41) is 13.3. The van der Waals surface area contributed by atoms with Crippen molar-refractivity contribution in [3.63, 3.8) is 0 Å². The maximum Gasteiger partial charge on any atom is 0.340 e. The van der Waals surface area contributed by atoms with Gasteiger partial charge in [-0.2, -0.15) is 4.37 Å². The number of aryl methyl sites for hydroxylation is 1. The van der Waals surface area contributed by atoms with Crippen LogP contribution in [0.2, 0.25) is 0 Å². The van der Waals surface area contributed by atoms with Crippen LogP contribution in [0.5, 0.6) is 0 Å². The quantitative estimate of drug-likeness (QED) is 0.859. The second kappa shape index (κ2) is 6.37. The fraction of sp³-hybridized carbons (Fsp3) is 0.714. The highest BCUT2D eigenvalue weighted by atomic mass is 32.1. The van der Waals surface area contributed by atoms with Crippen LogP contribution in [-0.2, 0) is 0 Å². The molecule has 0 radical (unpaired) electrons. The van der Waals surface area contributed by atoms with E-state index in [1.54, 1.807) is 6.92 Å². The van der Waals surface area contributed by atoms with Crippen LogP contribution >= 0.6 is 11.5 Å². The Kier molecular flexibility index (Phi) is 4.80. The lowest BCUT2D eigenvalue weighted by Crippen LogP contribution is -2.26.